The Hall–Kier alpha value is -0.350. The molecular formula is C17H26O2S2. The lowest BCUT2D eigenvalue weighted by Gasteiger charge is -2.52. The third kappa shape index (κ3) is 3.21. The highest BCUT2D eigenvalue weighted by Gasteiger charge is 2.54. The van der Waals surface area contributed by atoms with E-state index in [1.54, 1.807) is 0 Å². The summed E-state index contributed by atoms with van der Waals surface area (Å²) in [5.41, 5.74) is 1.28. The van der Waals surface area contributed by atoms with Crippen LogP contribution in [0.2, 0.25) is 0 Å². The Bertz CT molecular complexity index is 440. The molecule has 118 valence electrons. The minimum Gasteiger partial charge on any atom is -0.469 e. The Morgan fingerprint density at radius 1 is 1.43 bits per heavy atom. The summed E-state index contributed by atoms with van der Waals surface area (Å²) in [6.45, 7) is 12.7. The van der Waals surface area contributed by atoms with Crippen LogP contribution in [0.15, 0.2) is 24.8 Å². The van der Waals surface area contributed by atoms with Gasteiger partial charge in [-0.2, -0.15) is 0 Å². The average molecular weight is 327 g/mol. The van der Waals surface area contributed by atoms with Crippen LogP contribution >= 0.6 is 23.5 Å². The van der Waals surface area contributed by atoms with Gasteiger partial charge in [-0.05, 0) is 37.0 Å². The average Bonchev–Trinajstić information content (AvgIpc) is 2.90. The maximum Gasteiger partial charge on any atom is 0.305 e. The Balaban J connectivity index is 2.31. The summed E-state index contributed by atoms with van der Waals surface area (Å²) >= 11 is 4.07. The molecule has 3 atom stereocenters. The molecule has 21 heavy (non-hydrogen) atoms. The summed E-state index contributed by atoms with van der Waals surface area (Å²) in [7, 11) is 1.48. The van der Waals surface area contributed by atoms with Gasteiger partial charge >= 0.3 is 5.97 Å². The number of allylic oxidation sites excluding steroid dienone is 2. The maximum absolute atomic E-state index is 11.8. The molecule has 1 saturated heterocycles. The molecule has 0 aromatic rings. The van der Waals surface area contributed by atoms with Gasteiger partial charge in [0.2, 0.25) is 0 Å². The van der Waals surface area contributed by atoms with Crippen LogP contribution in [0.5, 0.6) is 0 Å². The second-order valence-electron chi connectivity index (χ2n) is 6.51. The van der Waals surface area contributed by atoms with Crippen molar-refractivity contribution in [2.75, 3.05) is 18.6 Å². The standard InChI is InChI=1S/C17H26O2S2/c1-6-16(4)11-17(20-7-8-21-17)13(10-15(18)19-5)9-14(16)12(2)3/h6,13-14H,1-2,7-11H2,3-5H3/t13-,14+,16-/m0/s1. The van der Waals surface area contributed by atoms with Crippen molar-refractivity contribution < 1.29 is 9.53 Å². The number of carbonyl (C=O) groups excluding carboxylic acids is 1. The predicted octanol–water partition coefficient (Wildman–Crippen LogP) is 4.52. The van der Waals surface area contributed by atoms with Crippen molar-refractivity contribution >= 4 is 29.5 Å². The number of carbonyl (C=O) groups is 1. The summed E-state index contributed by atoms with van der Waals surface area (Å²) in [5, 5.41) is 0. The van der Waals surface area contributed by atoms with Gasteiger partial charge in [0.15, 0.2) is 0 Å². The molecule has 1 saturated carbocycles. The van der Waals surface area contributed by atoms with E-state index in [2.05, 4.69) is 33.1 Å². The van der Waals surface area contributed by atoms with E-state index in [9.17, 15) is 4.79 Å². The fourth-order valence-electron chi connectivity index (χ4n) is 3.84. The zero-order chi connectivity index (χ0) is 15.7. The summed E-state index contributed by atoms with van der Waals surface area (Å²) in [6.07, 6.45) is 4.71. The first-order chi connectivity index (χ1) is 9.87. The van der Waals surface area contributed by atoms with Crippen LogP contribution in [-0.4, -0.2) is 28.7 Å². The van der Waals surface area contributed by atoms with Crippen molar-refractivity contribution in [1.29, 1.82) is 0 Å². The van der Waals surface area contributed by atoms with Crippen LogP contribution < -0.4 is 0 Å². The summed E-state index contributed by atoms with van der Waals surface area (Å²) in [5.74, 6) is 3.02. The highest BCUT2D eigenvalue weighted by atomic mass is 32.2. The first kappa shape index (κ1) is 17.0. The van der Waals surface area contributed by atoms with Crippen molar-refractivity contribution in [2.45, 2.75) is 37.2 Å². The zero-order valence-electron chi connectivity index (χ0n) is 13.3. The number of esters is 1. The van der Waals surface area contributed by atoms with Crippen LogP contribution in [0.1, 0.15) is 33.1 Å². The summed E-state index contributed by atoms with van der Waals surface area (Å²) in [6, 6.07) is 0. The SMILES string of the molecule is C=C[C@@]1(C)CC2(SCCS2)[C@H](CC(=O)OC)C[C@@H]1C(=C)C. The van der Waals surface area contributed by atoms with E-state index in [-0.39, 0.29) is 15.5 Å². The van der Waals surface area contributed by atoms with Crippen LogP contribution in [0, 0.1) is 17.3 Å². The Kier molecular flexibility index (Phi) is 5.19. The van der Waals surface area contributed by atoms with E-state index < -0.39 is 0 Å². The largest absolute Gasteiger partial charge is 0.469 e. The summed E-state index contributed by atoms with van der Waals surface area (Å²) < 4.78 is 5.07. The lowest BCUT2D eigenvalue weighted by molar-refractivity contribution is -0.142. The molecule has 0 amide bonds. The molecule has 1 aliphatic carbocycles. The molecule has 2 aliphatic rings. The van der Waals surface area contributed by atoms with Gasteiger partial charge in [0.25, 0.3) is 0 Å². The zero-order valence-corrected chi connectivity index (χ0v) is 14.9. The predicted molar refractivity (Wildman–Crippen MR) is 93.6 cm³/mol. The fraction of sp³-hybridized carbons (Fsp3) is 0.706. The quantitative estimate of drug-likeness (QED) is 0.560. The van der Waals surface area contributed by atoms with E-state index >= 15 is 0 Å². The minimum absolute atomic E-state index is 0.0722. The van der Waals surface area contributed by atoms with Crippen molar-refractivity contribution in [3.05, 3.63) is 24.8 Å². The first-order valence-corrected chi connectivity index (χ1v) is 9.48. The highest BCUT2D eigenvalue weighted by molar-refractivity contribution is 8.21. The van der Waals surface area contributed by atoms with Crippen LogP contribution in [0.25, 0.3) is 0 Å². The maximum atomic E-state index is 11.8. The Morgan fingerprint density at radius 3 is 2.52 bits per heavy atom. The smallest absolute Gasteiger partial charge is 0.305 e. The topological polar surface area (TPSA) is 26.3 Å². The molecule has 0 bridgehead atoms. The normalized spacial score (nSPS) is 34.6. The molecule has 2 fully saturated rings. The van der Waals surface area contributed by atoms with Crippen molar-refractivity contribution in [2.24, 2.45) is 17.3 Å². The van der Waals surface area contributed by atoms with E-state index in [1.165, 1.54) is 24.2 Å². The molecule has 1 spiro atoms. The van der Waals surface area contributed by atoms with Gasteiger partial charge in [0.1, 0.15) is 0 Å². The molecule has 0 N–H and O–H groups in total. The van der Waals surface area contributed by atoms with Gasteiger partial charge in [0.05, 0.1) is 17.6 Å². The third-order valence-electron chi connectivity index (χ3n) is 5.04. The monoisotopic (exact) mass is 326 g/mol. The van der Waals surface area contributed by atoms with Crippen molar-refractivity contribution in [1.82, 2.24) is 0 Å². The molecule has 0 unspecified atom stereocenters. The number of methoxy groups -OCH3 is 1. The molecule has 1 heterocycles. The van der Waals surface area contributed by atoms with Gasteiger partial charge in [-0.1, -0.05) is 25.2 Å². The van der Waals surface area contributed by atoms with Gasteiger partial charge in [0, 0.05) is 11.5 Å². The van der Waals surface area contributed by atoms with Crippen LogP contribution in [0.4, 0.5) is 0 Å². The molecule has 0 radical (unpaired) electrons. The molecule has 2 nitrogen and oxygen atoms in total. The molecular weight excluding hydrogens is 300 g/mol. The van der Waals surface area contributed by atoms with Gasteiger partial charge in [-0.25, -0.2) is 0 Å². The van der Waals surface area contributed by atoms with E-state index in [0.717, 1.165) is 12.8 Å². The molecule has 0 aromatic heterocycles. The highest BCUT2D eigenvalue weighted by Crippen LogP contribution is 2.63. The second-order valence-corrected chi connectivity index (χ2v) is 9.62. The number of ether oxygens (including phenoxy) is 1. The van der Waals surface area contributed by atoms with E-state index in [4.69, 9.17) is 4.74 Å². The minimum atomic E-state index is -0.0878. The van der Waals surface area contributed by atoms with Crippen molar-refractivity contribution in [3.8, 4) is 0 Å². The number of thioether (sulfide) groups is 2. The van der Waals surface area contributed by atoms with Crippen molar-refractivity contribution in [3.63, 3.8) is 0 Å². The van der Waals surface area contributed by atoms with E-state index in [0.29, 0.717) is 18.3 Å². The Labute approximate surface area is 137 Å². The molecule has 0 aromatic carbocycles. The molecule has 2 rings (SSSR count). The number of hydrogen-bond acceptors (Lipinski definition) is 4. The van der Waals surface area contributed by atoms with Crippen LogP contribution in [0.3, 0.4) is 0 Å². The van der Waals surface area contributed by atoms with Gasteiger partial charge < -0.3 is 4.74 Å². The lowest BCUT2D eigenvalue weighted by Crippen LogP contribution is -2.46. The Morgan fingerprint density at radius 2 is 2.05 bits per heavy atom. The second kappa shape index (κ2) is 6.41. The van der Waals surface area contributed by atoms with Crippen LogP contribution in [-0.2, 0) is 9.53 Å². The first-order valence-electron chi connectivity index (χ1n) is 7.50. The van der Waals surface area contributed by atoms with Gasteiger partial charge in [-0.15, -0.1) is 30.1 Å². The summed E-state index contributed by atoms with van der Waals surface area (Å²) in [4.78, 5) is 11.8. The molecule has 4 heteroatoms. The van der Waals surface area contributed by atoms with E-state index in [1.807, 2.05) is 23.5 Å². The van der Waals surface area contributed by atoms with Gasteiger partial charge in [-0.3, -0.25) is 4.79 Å². The molecule has 1 aliphatic heterocycles. The number of hydrogen-bond donors (Lipinski definition) is 0. The number of rotatable bonds is 4. The third-order valence-corrected chi connectivity index (χ3v) is 8.76. The fourth-order valence-corrected chi connectivity index (χ4v) is 7.69. The lowest BCUT2D eigenvalue weighted by atomic mass is 9.61.